The molecule has 1 aromatic heterocycles. The molecule has 2 aliphatic heterocycles. The zero-order valence-corrected chi connectivity index (χ0v) is 20.3. The third-order valence-corrected chi connectivity index (χ3v) is 7.14. The fourth-order valence-corrected chi connectivity index (χ4v) is 5.30. The summed E-state index contributed by atoms with van der Waals surface area (Å²) >= 11 is 0. The highest BCUT2D eigenvalue weighted by atomic mass is 16.7. The molecule has 9 nitrogen and oxygen atoms in total. The minimum Gasteiger partial charge on any atom is -0.492 e. The Balaban J connectivity index is 1.24. The minimum absolute atomic E-state index is 0.0234. The van der Waals surface area contributed by atoms with Crippen molar-refractivity contribution in [3.63, 3.8) is 0 Å². The number of urea groups is 1. The summed E-state index contributed by atoms with van der Waals surface area (Å²) in [5.41, 5.74) is 1.66. The highest BCUT2D eigenvalue weighted by Gasteiger charge is 2.40. The van der Waals surface area contributed by atoms with Crippen LogP contribution in [0.5, 0.6) is 17.2 Å². The van der Waals surface area contributed by atoms with Gasteiger partial charge in [0, 0.05) is 34.8 Å². The van der Waals surface area contributed by atoms with E-state index in [0.717, 1.165) is 48.6 Å². The van der Waals surface area contributed by atoms with Gasteiger partial charge in [0.05, 0.1) is 6.54 Å². The quantitative estimate of drug-likeness (QED) is 0.401. The number of benzene rings is 2. The second-order valence-electron chi connectivity index (χ2n) is 9.44. The van der Waals surface area contributed by atoms with Gasteiger partial charge in [0.15, 0.2) is 11.5 Å². The molecule has 190 valence electrons. The van der Waals surface area contributed by atoms with Gasteiger partial charge in [-0.15, -0.1) is 0 Å². The summed E-state index contributed by atoms with van der Waals surface area (Å²) in [6.07, 6.45) is 8.07. The number of nitrogens with one attached hydrogen (secondary N) is 1. The molecule has 37 heavy (non-hydrogen) atoms. The average Bonchev–Trinajstić information content (AvgIpc) is 3.51. The average molecular weight is 502 g/mol. The van der Waals surface area contributed by atoms with Crippen LogP contribution in [-0.2, 0) is 16.1 Å². The van der Waals surface area contributed by atoms with Crippen molar-refractivity contribution in [2.24, 2.45) is 0 Å². The maximum absolute atomic E-state index is 13.3. The van der Waals surface area contributed by atoms with Gasteiger partial charge in [-0.1, -0.05) is 37.5 Å². The number of nitrogens with zero attached hydrogens (tertiary/aromatic N) is 2. The van der Waals surface area contributed by atoms with Crippen molar-refractivity contribution in [1.29, 1.82) is 0 Å². The Hall–Kier alpha value is -4.27. The second kappa shape index (κ2) is 9.65. The minimum atomic E-state index is -0.662. The molecule has 2 aromatic carbocycles. The lowest BCUT2D eigenvalue weighted by Crippen LogP contribution is -2.58. The largest absolute Gasteiger partial charge is 0.492 e. The van der Waals surface area contributed by atoms with E-state index in [4.69, 9.17) is 14.2 Å². The first kappa shape index (κ1) is 23.1. The Kier molecular flexibility index (Phi) is 6.04. The molecule has 0 unspecified atom stereocenters. The molecule has 2 fully saturated rings. The first-order valence-corrected chi connectivity index (χ1v) is 12.6. The molecule has 1 aliphatic carbocycles. The van der Waals surface area contributed by atoms with Crippen LogP contribution in [0.1, 0.15) is 37.7 Å². The first-order valence-electron chi connectivity index (χ1n) is 12.6. The van der Waals surface area contributed by atoms with Crippen LogP contribution in [0.3, 0.4) is 0 Å². The summed E-state index contributed by atoms with van der Waals surface area (Å²) in [5, 5.41) is 3.27. The number of fused-ring (bicyclic) bond motifs is 2. The van der Waals surface area contributed by atoms with Crippen molar-refractivity contribution < 1.29 is 28.6 Å². The Morgan fingerprint density at radius 1 is 1.00 bits per heavy atom. The highest BCUT2D eigenvalue weighted by molar-refractivity contribution is 6.31. The third-order valence-electron chi connectivity index (χ3n) is 7.14. The fraction of sp³-hybridized carbons (Fsp3) is 0.321. The van der Waals surface area contributed by atoms with Gasteiger partial charge in [-0.3, -0.25) is 19.8 Å². The van der Waals surface area contributed by atoms with Crippen LogP contribution < -0.4 is 19.5 Å². The predicted molar refractivity (Wildman–Crippen MR) is 135 cm³/mol. The highest BCUT2D eigenvalue weighted by Crippen LogP contribution is 2.35. The van der Waals surface area contributed by atoms with Gasteiger partial charge in [-0.2, -0.15) is 0 Å². The molecule has 3 aliphatic rings. The second-order valence-corrected chi connectivity index (χ2v) is 9.44. The molecule has 0 atom stereocenters. The predicted octanol–water partition coefficient (Wildman–Crippen LogP) is 4.24. The monoisotopic (exact) mass is 501 g/mol. The van der Waals surface area contributed by atoms with E-state index < -0.39 is 17.8 Å². The van der Waals surface area contributed by atoms with Gasteiger partial charge >= 0.3 is 6.03 Å². The molecule has 9 heteroatoms. The van der Waals surface area contributed by atoms with Gasteiger partial charge in [-0.25, -0.2) is 4.79 Å². The normalized spacial score (nSPS) is 19.1. The summed E-state index contributed by atoms with van der Waals surface area (Å²) in [5.74, 6) is 0.856. The summed E-state index contributed by atoms with van der Waals surface area (Å²) in [6.45, 7) is 1.15. The molecular weight excluding hydrogens is 474 g/mol. The summed E-state index contributed by atoms with van der Waals surface area (Å²) in [6, 6.07) is 12.5. The molecule has 3 aromatic rings. The maximum atomic E-state index is 13.3. The third kappa shape index (κ3) is 4.41. The summed E-state index contributed by atoms with van der Waals surface area (Å²) in [4.78, 5) is 39.8. The molecule has 4 amide bonds. The number of hydrogen-bond acceptors (Lipinski definition) is 6. The van der Waals surface area contributed by atoms with Crippen molar-refractivity contribution >= 4 is 34.8 Å². The van der Waals surface area contributed by atoms with Crippen LogP contribution in [0.2, 0.25) is 0 Å². The van der Waals surface area contributed by atoms with Crippen LogP contribution in [0, 0.1) is 0 Å². The topological polar surface area (TPSA) is 99.1 Å². The first-order chi connectivity index (χ1) is 18.1. The van der Waals surface area contributed by atoms with Crippen LogP contribution >= 0.6 is 0 Å². The molecule has 0 radical (unpaired) electrons. The standard InChI is InChI=1S/C28H27N3O6/c32-26-22(27(33)31(28(34)29-26)19-6-2-1-3-7-19)14-18-16-30(23-9-5-4-8-21(18)23)12-13-35-20-10-11-24-25(15-20)37-17-36-24/h4-5,8-11,14-16,19H,1-3,6-7,12-13,17H2,(H,29,32,34). The molecule has 1 N–H and O–H groups in total. The Bertz CT molecular complexity index is 1420. The Labute approximate surface area is 213 Å². The van der Waals surface area contributed by atoms with Gasteiger partial charge in [0.25, 0.3) is 11.8 Å². The van der Waals surface area contributed by atoms with Crippen LogP contribution in [-0.4, -0.2) is 46.8 Å². The maximum Gasteiger partial charge on any atom is 0.331 e. The van der Waals surface area contributed by atoms with Gasteiger partial charge in [-0.05, 0) is 37.1 Å². The van der Waals surface area contributed by atoms with Gasteiger partial charge < -0.3 is 18.8 Å². The van der Waals surface area contributed by atoms with Crippen LogP contribution in [0.15, 0.2) is 54.2 Å². The van der Waals surface area contributed by atoms with Crippen molar-refractivity contribution in [3.8, 4) is 17.2 Å². The number of imide groups is 2. The lowest BCUT2D eigenvalue weighted by molar-refractivity contribution is -0.132. The number of ether oxygens (including phenoxy) is 3. The van der Waals surface area contributed by atoms with Crippen molar-refractivity contribution in [2.45, 2.75) is 44.7 Å². The van der Waals surface area contributed by atoms with E-state index in [9.17, 15) is 14.4 Å². The number of para-hydroxylation sites is 1. The lowest BCUT2D eigenvalue weighted by atomic mass is 9.93. The van der Waals surface area contributed by atoms with Gasteiger partial charge in [0.2, 0.25) is 6.79 Å². The zero-order valence-electron chi connectivity index (χ0n) is 20.3. The van der Waals surface area contributed by atoms with Crippen molar-refractivity contribution in [3.05, 3.63) is 59.8 Å². The van der Waals surface area contributed by atoms with E-state index in [1.165, 1.54) is 4.90 Å². The van der Waals surface area contributed by atoms with Crippen LogP contribution in [0.25, 0.3) is 17.0 Å². The molecule has 6 rings (SSSR count). The van der Waals surface area contributed by atoms with Crippen molar-refractivity contribution in [2.75, 3.05) is 13.4 Å². The summed E-state index contributed by atoms with van der Waals surface area (Å²) in [7, 11) is 0. The van der Waals surface area contributed by atoms with E-state index in [1.54, 1.807) is 12.1 Å². The summed E-state index contributed by atoms with van der Waals surface area (Å²) < 4.78 is 18.7. The molecule has 1 saturated carbocycles. The number of carbonyl (C=O) groups is 3. The SMILES string of the molecule is O=C1NC(=O)N(C2CCCCC2)C(=O)C1=Cc1cn(CCOc2ccc3c(c2)OCO3)c2ccccc12. The number of carbonyl (C=O) groups excluding carboxylic acids is 3. The van der Waals surface area contributed by atoms with E-state index in [2.05, 4.69) is 5.32 Å². The number of hydrogen-bond donors (Lipinski definition) is 1. The van der Waals surface area contributed by atoms with E-state index >= 15 is 0 Å². The molecular formula is C28H27N3O6. The fourth-order valence-electron chi connectivity index (χ4n) is 5.30. The van der Waals surface area contributed by atoms with Crippen molar-refractivity contribution in [1.82, 2.24) is 14.8 Å². The number of barbiturate groups is 1. The molecule has 3 heterocycles. The molecule has 0 spiro atoms. The Morgan fingerprint density at radius 3 is 2.68 bits per heavy atom. The molecule has 0 bridgehead atoms. The Morgan fingerprint density at radius 2 is 1.81 bits per heavy atom. The number of amides is 4. The zero-order chi connectivity index (χ0) is 25.4. The van der Waals surface area contributed by atoms with Crippen LogP contribution in [0.4, 0.5) is 4.79 Å². The molecule has 1 saturated heterocycles. The number of aromatic nitrogens is 1. The van der Waals surface area contributed by atoms with E-state index in [1.807, 2.05) is 47.2 Å². The number of rotatable bonds is 6. The van der Waals surface area contributed by atoms with Gasteiger partial charge in [0.1, 0.15) is 17.9 Å². The van der Waals surface area contributed by atoms with E-state index in [0.29, 0.717) is 30.4 Å². The lowest BCUT2D eigenvalue weighted by Gasteiger charge is -2.35. The smallest absolute Gasteiger partial charge is 0.331 e. The van der Waals surface area contributed by atoms with E-state index in [-0.39, 0.29) is 18.4 Å².